The first kappa shape index (κ1) is 16.5. The number of pyridine rings is 1. The number of esters is 1. The van der Waals surface area contributed by atoms with Crippen molar-refractivity contribution in [2.45, 2.75) is 25.0 Å². The number of nitrogens with one attached hydrogen (secondary N) is 1. The number of ether oxygens (including phenoxy) is 2. The maximum absolute atomic E-state index is 12.3. The Kier molecular flexibility index (Phi) is 5.61. The number of hydrogen-bond donors (Lipinski definition) is 1. The van der Waals surface area contributed by atoms with Gasteiger partial charge in [-0.1, -0.05) is 15.9 Å². The van der Waals surface area contributed by atoms with Crippen molar-refractivity contribution in [1.29, 1.82) is 0 Å². The highest BCUT2D eigenvalue weighted by Gasteiger charge is 2.34. The van der Waals surface area contributed by atoms with Crippen LogP contribution in [0.3, 0.4) is 0 Å². The molecule has 0 saturated heterocycles. The molecular formula is C11H11BrF3NO4. The van der Waals surface area contributed by atoms with E-state index in [0.717, 1.165) is 0 Å². The van der Waals surface area contributed by atoms with Crippen LogP contribution in [-0.2, 0) is 21.3 Å². The molecule has 9 heteroatoms. The molecule has 1 aromatic heterocycles. The third-order valence-electron chi connectivity index (χ3n) is 2.18. The molecule has 0 fully saturated rings. The summed E-state index contributed by atoms with van der Waals surface area (Å²) in [6.45, 7) is 1.64. The summed E-state index contributed by atoms with van der Waals surface area (Å²) in [6, 6.07) is 0. The van der Waals surface area contributed by atoms with Crippen molar-refractivity contribution in [2.75, 3.05) is 6.61 Å². The largest absolute Gasteiger partial charge is 0.573 e. The molecule has 0 spiro atoms. The summed E-state index contributed by atoms with van der Waals surface area (Å²) in [5.41, 5.74) is -1.16. The standard InChI is InChI=1S/C11H11BrF3NO4/c1-2-19-8(17)3-7-10(20-11(13,14)15)9(18)6(4-12)5-16-7/h5H,2-4H2,1H3,(H,16,18). The molecule has 0 bridgehead atoms. The van der Waals surface area contributed by atoms with Gasteiger partial charge in [0.15, 0.2) is 5.75 Å². The Hall–Kier alpha value is -1.51. The summed E-state index contributed by atoms with van der Waals surface area (Å²) in [7, 11) is 0. The molecule has 0 aliphatic rings. The second kappa shape index (κ2) is 6.78. The summed E-state index contributed by atoms with van der Waals surface area (Å²) >= 11 is 2.97. The van der Waals surface area contributed by atoms with Gasteiger partial charge in [0.2, 0.25) is 5.43 Å². The topological polar surface area (TPSA) is 68.4 Å². The van der Waals surface area contributed by atoms with Gasteiger partial charge in [-0.3, -0.25) is 9.59 Å². The van der Waals surface area contributed by atoms with Gasteiger partial charge in [0.1, 0.15) is 0 Å². The van der Waals surface area contributed by atoms with Crippen LogP contribution in [0.25, 0.3) is 0 Å². The zero-order chi connectivity index (χ0) is 15.3. The van der Waals surface area contributed by atoms with E-state index in [0.29, 0.717) is 0 Å². The van der Waals surface area contributed by atoms with Crippen LogP contribution in [-0.4, -0.2) is 23.9 Å². The Morgan fingerprint density at radius 3 is 2.60 bits per heavy atom. The highest BCUT2D eigenvalue weighted by molar-refractivity contribution is 9.08. The molecule has 1 rings (SSSR count). The van der Waals surface area contributed by atoms with E-state index in [1.807, 2.05) is 0 Å². The molecular weight excluding hydrogens is 347 g/mol. The summed E-state index contributed by atoms with van der Waals surface area (Å²) in [5.74, 6) is -1.70. The Labute approximate surface area is 120 Å². The van der Waals surface area contributed by atoms with Crippen molar-refractivity contribution in [3.63, 3.8) is 0 Å². The summed E-state index contributed by atoms with van der Waals surface area (Å²) in [5, 5.41) is 0.0518. The van der Waals surface area contributed by atoms with Gasteiger partial charge in [0.05, 0.1) is 18.7 Å². The molecule has 1 N–H and O–H groups in total. The van der Waals surface area contributed by atoms with E-state index in [1.54, 1.807) is 6.92 Å². The van der Waals surface area contributed by atoms with Crippen molar-refractivity contribution >= 4 is 21.9 Å². The number of carbonyl (C=O) groups is 1. The van der Waals surface area contributed by atoms with Gasteiger partial charge < -0.3 is 14.5 Å². The van der Waals surface area contributed by atoms with Gasteiger partial charge in [-0.25, -0.2) is 0 Å². The quantitative estimate of drug-likeness (QED) is 0.648. The number of hydrogen-bond acceptors (Lipinski definition) is 4. The molecule has 1 heterocycles. The highest BCUT2D eigenvalue weighted by atomic mass is 79.9. The Bertz CT molecular complexity index is 541. The van der Waals surface area contributed by atoms with Gasteiger partial charge in [0.25, 0.3) is 0 Å². The number of alkyl halides is 4. The number of H-pyrrole nitrogens is 1. The van der Waals surface area contributed by atoms with Gasteiger partial charge >= 0.3 is 12.3 Å². The summed E-state index contributed by atoms with van der Waals surface area (Å²) in [6.07, 6.45) is -4.33. The maximum Gasteiger partial charge on any atom is 0.573 e. The zero-order valence-corrected chi connectivity index (χ0v) is 11.9. The lowest BCUT2D eigenvalue weighted by Crippen LogP contribution is -2.26. The molecule has 5 nitrogen and oxygen atoms in total. The maximum atomic E-state index is 12.3. The Balaban J connectivity index is 3.19. The average molecular weight is 358 g/mol. The molecule has 0 radical (unpaired) electrons. The number of aromatic nitrogens is 1. The predicted octanol–water partition coefficient (Wildman–Crippen LogP) is 2.27. The fourth-order valence-electron chi connectivity index (χ4n) is 1.40. The van der Waals surface area contributed by atoms with Crippen LogP contribution in [0.15, 0.2) is 11.0 Å². The third-order valence-corrected chi connectivity index (χ3v) is 2.78. The molecule has 0 aromatic carbocycles. The van der Waals surface area contributed by atoms with E-state index in [1.165, 1.54) is 6.20 Å². The first-order valence-corrected chi connectivity index (χ1v) is 6.61. The zero-order valence-electron chi connectivity index (χ0n) is 10.3. The van der Waals surface area contributed by atoms with E-state index in [2.05, 4.69) is 30.4 Å². The van der Waals surface area contributed by atoms with E-state index < -0.39 is 29.9 Å². The normalized spacial score (nSPS) is 11.2. The van der Waals surface area contributed by atoms with Crippen LogP contribution < -0.4 is 10.2 Å². The minimum absolute atomic E-state index is 0.0518. The van der Waals surface area contributed by atoms with Gasteiger partial charge in [-0.2, -0.15) is 0 Å². The van der Waals surface area contributed by atoms with Crippen LogP contribution in [0.4, 0.5) is 13.2 Å². The van der Waals surface area contributed by atoms with Crippen molar-refractivity contribution in [3.05, 3.63) is 27.7 Å². The number of rotatable bonds is 5. The molecule has 1 aromatic rings. The predicted molar refractivity (Wildman–Crippen MR) is 66.7 cm³/mol. The molecule has 112 valence electrons. The first-order chi connectivity index (χ1) is 9.28. The molecule has 20 heavy (non-hydrogen) atoms. The second-order valence-electron chi connectivity index (χ2n) is 3.61. The average Bonchev–Trinajstić information content (AvgIpc) is 2.33. The minimum Gasteiger partial charge on any atom is -0.466 e. The van der Waals surface area contributed by atoms with Crippen molar-refractivity contribution in [3.8, 4) is 5.75 Å². The van der Waals surface area contributed by atoms with Crippen LogP contribution in [0.1, 0.15) is 18.2 Å². The Morgan fingerprint density at radius 2 is 2.10 bits per heavy atom. The molecule has 0 aliphatic carbocycles. The summed E-state index contributed by atoms with van der Waals surface area (Å²) < 4.78 is 45.3. The smallest absolute Gasteiger partial charge is 0.466 e. The fraction of sp³-hybridized carbons (Fsp3) is 0.455. The van der Waals surface area contributed by atoms with Crippen LogP contribution in [0.2, 0.25) is 0 Å². The molecule has 0 atom stereocenters. The Morgan fingerprint density at radius 1 is 1.45 bits per heavy atom. The number of aromatic amines is 1. The molecule has 0 saturated carbocycles. The second-order valence-corrected chi connectivity index (χ2v) is 4.17. The number of carbonyl (C=O) groups excluding carboxylic acids is 1. The SMILES string of the molecule is CCOC(=O)Cc1[nH]cc(CBr)c(=O)c1OC(F)(F)F. The van der Waals surface area contributed by atoms with E-state index in [4.69, 9.17) is 0 Å². The van der Waals surface area contributed by atoms with E-state index in [9.17, 15) is 22.8 Å². The molecule has 0 aliphatic heterocycles. The minimum atomic E-state index is -5.03. The van der Waals surface area contributed by atoms with Crippen molar-refractivity contribution in [1.82, 2.24) is 4.98 Å². The van der Waals surface area contributed by atoms with Crippen molar-refractivity contribution in [2.24, 2.45) is 0 Å². The lowest BCUT2D eigenvalue weighted by molar-refractivity contribution is -0.275. The fourth-order valence-corrected chi connectivity index (χ4v) is 1.82. The van der Waals surface area contributed by atoms with Crippen LogP contribution in [0, 0.1) is 0 Å². The molecule has 0 unspecified atom stereocenters. The molecule has 0 amide bonds. The third kappa shape index (κ3) is 4.55. The highest BCUT2D eigenvalue weighted by Crippen LogP contribution is 2.23. The first-order valence-electron chi connectivity index (χ1n) is 5.49. The lowest BCUT2D eigenvalue weighted by atomic mass is 10.2. The monoisotopic (exact) mass is 357 g/mol. The number of halogens is 4. The van der Waals surface area contributed by atoms with Gasteiger partial charge in [-0.15, -0.1) is 13.2 Å². The van der Waals surface area contributed by atoms with Gasteiger partial charge in [0, 0.05) is 17.1 Å². The van der Waals surface area contributed by atoms with E-state index in [-0.39, 0.29) is 23.2 Å². The van der Waals surface area contributed by atoms with Gasteiger partial charge in [-0.05, 0) is 6.92 Å². The van der Waals surface area contributed by atoms with Crippen LogP contribution in [0.5, 0.6) is 5.75 Å². The van der Waals surface area contributed by atoms with Crippen LogP contribution >= 0.6 is 15.9 Å². The van der Waals surface area contributed by atoms with Crippen molar-refractivity contribution < 1.29 is 27.4 Å². The lowest BCUT2D eigenvalue weighted by Gasteiger charge is -2.13. The summed E-state index contributed by atoms with van der Waals surface area (Å²) in [4.78, 5) is 25.6. The van der Waals surface area contributed by atoms with E-state index >= 15 is 0 Å².